The highest BCUT2D eigenvalue weighted by Crippen LogP contribution is 2.47. The fraction of sp³-hybridized carbons (Fsp3) is 0.647. The predicted octanol–water partition coefficient (Wildman–Crippen LogP) is 5.18. The Hall–Kier alpha value is -0.780. The Morgan fingerprint density at radius 2 is 1.94 bits per heavy atom. The molecular formula is C17H24. The maximum Gasteiger partial charge on any atom is -0.0156 e. The third kappa shape index (κ3) is 2.56. The lowest BCUT2D eigenvalue weighted by Crippen LogP contribution is -2.01. The molecule has 0 aromatic rings. The van der Waals surface area contributed by atoms with Crippen LogP contribution < -0.4 is 0 Å². The van der Waals surface area contributed by atoms with Crippen molar-refractivity contribution in [3.8, 4) is 0 Å². The summed E-state index contributed by atoms with van der Waals surface area (Å²) in [4.78, 5) is 0. The van der Waals surface area contributed by atoms with Crippen molar-refractivity contribution in [2.24, 2.45) is 11.8 Å². The summed E-state index contributed by atoms with van der Waals surface area (Å²) in [6.07, 6.45) is 22.3. The Morgan fingerprint density at radius 3 is 2.76 bits per heavy atom. The Kier molecular flexibility index (Phi) is 3.49. The topological polar surface area (TPSA) is 0 Å². The van der Waals surface area contributed by atoms with Crippen LogP contribution in [0.2, 0.25) is 0 Å². The highest BCUT2D eigenvalue weighted by molar-refractivity contribution is 5.40. The maximum absolute atomic E-state index is 2.60. The number of hydrogen-bond acceptors (Lipinski definition) is 0. The highest BCUT2D eigenvalue weighted by atomic mass is 14.4. The van der Waals surface area contributed by atoms with Crippen molar-refractivity contribution in [3.05, 3.63) is 35.5 Å². The van der Waals surface area contributed by atoms with Crippen LogP contribution in [0.25, 0.3) is 0 Å². The van der Waals surface area contributed by atoms with Gasteiger partial charge in [-0.15, -0.1) is 0 Å². The first-order valence-electron chi connectivity index (χ1n) is 7.51. The fourth-order valence-corrected chi connectivity index (χ4v) is 3.75. The standard InChI is InChI=1S/C17H24/c1-2-4-6-8-15(9-7-5-3-1)17-13-14-10-11-16(17)12-14/h4,6,8,13-14,16H,1-3,5,7,9-12H2. The molecule has 92 valence electrons. The monoisotopic (exact) mass is 228 g/mol. The number of hydrogen-bond donors (Lipinski definition) is 0. The molecule has 0 aromatic heterocycles. The van der Waals surface area contributed by atoms with E-state index in [2.05, 4.69) is 24.3 Å². The molecule has 3 rings (SSSR count). The van der Waals surface area contributed by atoms with E-state index in [1.807, 2.05) is 0 Å². The van der Waals surface area contributed by atoms with Crippen LogP contribution in [0.15, 0.2) is 35.5 Å². The van der Waals surface area contributed by atoms with Crippen LogP contribution in [0.4, 0.5) is 0 Å². The molecule has 1 saturated carbocycles. The van der Waals surface area contributed by atoms with Gasteiger partial charge in [-0.2, -0.15) is 0 Å². The Bertz CT molecular complexity index is 356. The van der Waals surface area contributed by atoms with E-state index in [1.54, 1.807) is 11.1 Å². The highest BCUT2D eigenvalue weighted by Gasteiger charge is 2.33. The van der Waals surface area contributed by atoms with E-state index in [0.29, 0.717) is 0 Å². The molecule has 0 radical (unpaired) electrons. The average molecular weight is 228 g/mol. The minimum atomic E-state index is 0.919. The molecule has 0 spiro atoms. The smallest absolute Gasteiger partial charge is 0.0156 e. The van der Waals surface area contributed by atoms with E-state index in [0.717, 1.165) is 11.8 Å². The van der Waals surface area contributed by atoms with Crippen molar-refractivity contribution in [2.75, 3.05) is 0 Å². The van der Waals surface area contributed by atoms with Gasteiger partial charge >= 0.3 is 0 Å². The summed E-state index contributed by atoms with van der Waals surface area (Å²) < 4.78 is 0. The van der Waals surface area contributed by atoms with Crippen molar-refractivity contribution in [2.45, 2.75) is 57.8 Å². The van der Waals surface area contributed by atoms with Crippen LogP contribution in [-0.4, -0.2) is 0 Å². The molecule has 2 unspecified atom stereocenters. The third-order valence-corrected chi connectivity index (χ3v) is 4.70. The molecule has 0 nitrogen and oxygen atoms in total. The molecule has 0 heteroatoms. The Balaban J connectivity index is 1.76. The van der Waals surface area contributed by atoms with Gasteiger partial charge in [0.05, 0.1) is 0 Å². The zero-order valence-electron chi connectivity index (χ0n) is 10.8. The SMILES string of the molecule is C1=CCCCCCCC(C2=CC3CCC2C3)=C1. The normalized spacial score (nSPS) is 33.4. The molecule has 0 aromatic carbocycles. The van der Waals surface area contributed by atoms with Gasteiger partial charge in [-0.3, -0.25) is 0 Å². The van der Waals surface area contributed by atoms with Crippen LogP contribution in [0.5, 0.6) is 0 Å². The van der Waals surface area contributed by atoms with Crippen LogP contribution in [0.3, 0.4) is 0 Å². The van der Waals surface area contributed by atoms with Crippen molar-refractivity contribution in [1.29, 1.82) is 0 Å². The molecular weight excluding hydrogens is 204 g/mol. The minimum absolute atomic E-state index is 0.919. The number of rotatable bonds is 1. The van der Waals surface area contributed by atoms with Crippen LogP contribution >= 0.6 is 0 Å². The zero-order valence-corrected chi connectivity index (χ0v) is 10.8. The van der Waals surface area contributed by atoms with E-state index < -0.39 is 0 Å². The Morgan fingerprint density at radius 1 is 1.00 bits per heavy atom. The molecule has 2 atom stereocenters. The van der Waals surface area contributed by atoms with Crippen LogP contribution in [0.1, 0.15) is 57.8 Å². The van der Waals surface area contributed by atoms with E-state index in [9.17, 15) is 0 Å². The molecule has 17 heavy (non-hydrogen) atoms. The average Bonchev–Trinajstić information content (AvgIpc) is 2.98. The van der Waals surface area contributed by atoms with Crippen molar-refractivity contribution in [1.82, 2.24) is 0 Å². The van der Waals surface area contributed by atoms with Gasteiger partial charge in [0.1, 0.15) is 0 Å². The Labute approximate surface area is 105 Å². The summed E-state index contributed by atoms with van der Waals surface area (Å²) in [5, 5.41) is 0. The summed E-state index contributed by atoms with van der Waals surface area (Å²) in [7, 11) is 0. The van der Waals surface area contributed by atoms with Crippen LogP contribution in [0, 0.1) is 11.8 Å². The van der Waals surface area contributed by atoms with Gasteiger partial charge in [0.25, 0.3) is 0 Å². The first-order chi connectivity index (χ1) is 8.43. The fourth-order valence-electron chi connectivity index (χ4n) is 3.75. The summed E-state index contributed by atoms with van der Waals surface area (Å²) in [5.74, 6) is 1.85. The molecule has 0 saturated heterocycles. The van der Waals surface area contributed by atoms with Gasteiger partial charge in [-0.25, -0.2) is 0 Å². The first-order valence-corrected chi connectivity index (χ1v) is 7.51. The molecule has 3 aliphatic rings. The summed E-state index contributed by atoms with van der Waals surface area (Å²) in [6, 6.07) is 0. The summed E-state index contributed by atoms with van der Waals surface area (Å²) in [6.45, 7) is 0. The lowest BCUT2D eigenvalue weighted by Gasteiger charge is -2.17. The molecule has 0 amide bonds. The maximum atomic E-state index is 2.60. The van der Waals surface area contributed by atoms with E-state index in [4.69, 9.17) is 0 Å². The van der Waals surface area contributed by atoms with Gasteiger partial charge in [0, 0.05) is 0 Å². The van der Waals surface area contributed by atoms with Gasteiger partial charge in [0.15, 0.2) is 0 Å². The largest absolute Gasteiger partial charge is 0.0845 e. The van der Waals surface area contributed by atoms with Gasteiger partial charge in [-0.1, -0.05) is 37.1 Å². The minimum Gasteiger partial charge on any atom is -0.0845 e. The molecule has 2 bridgehead atoms. The molecule has 3 aliphatic carbocycles. The second-order valence-corrected chi connectivity index (χ2v) is 5.97. The van der Waals surface area contributed by atoms with Crippen molar-refractivity contribution >= 4 is 0 Å². The molecule has 0 N–H and O–H groups in total. The lowest BCUT2D eigenvalue weighted by molar-refractivity contribution is 0.621. The summed E-state index contributed by atoms with van der Waals surface area (Å²) in [5.41, 5.74) is 3.39. The zero-order chi connectivity index (χ0) is 11.5. The number of allylic oxidation sites excluding steroid dienone is 6. The second kappa shape index (κ2) is 5.25. The van der Waals surface area contributed by atoms with Crippen LogP contribution in [-0.2, 0) is 0 Å². The van der Waals surface area contributed by atoms with E-state index >= 15 is 0 Å². The van der Waals surface area contributed by atoms with Crippen molar-refractivity contribution < 1.29 is 0 Å². The predicted molar refractivity (Wildman–Crippen MR) is 73.8 cm³/mol. The van der Waals surface area contributed by atoms with Gasteiger partial charge in [-0.05, 0) is 67.9 Å². The second-order valence-electron chi connectivity index (χ2n) is 5.97. The molecule has 0 aliphatic heterocycles. The van der Waals surface area contributed by atoms with Gasteiger partial charge in [0.2, 0.25) is 0 Å². The van der Waals surface area contributed by atoms with E-state index in [1.165, 1.54) is 57.8 Å². The summed E-state index contributed by atoms with van der Waals surface area (Å²) >= 11 is 0. The molecule has 0 heterocycles. The van der Waals surface area contributed by atoms with Crippen molar-refractivity contribution in [3.63, 3.8) is 0 Å². The lowest BCUT2D eigenvalue weighted by atomic mass is 9.88. The van der Waals surface area contributed by atoms with Gasteiger partial charge < -0.3 is 0 Å². The molecule has 1 fully saturated rings. The third-order valence-electron chi connectivity index (χ3n) is 4.70. The number of fused-ring (bicyclic) bond motifs is 2. The quantitative estimate of drug-likeness (QED) is 0.580. The first kappa shape index (κ1) is 11.3. The van der Waals surface area contributed by atoms with E-state index in [-0.39, 0.29) is 0 Å².